The van der Waals surface area contributed by atoms with Crippen LogP contribution < -0.4 is 26.2 Å². The molecule has 3 atom stereocenters. The van der Waals surface area contributed by atoms with E-state index in [0.717, 1.165) is 43.2 Å². The summed E-state index contributed by atoms with van der Waals surface area (Å²) in [7, 11) is -3.62. The van der Waals surface area contributed by atoms with E-state index in [1.54, 1.807) is 53.2 Å². The molecule has 52 heavy (non-hydrogen) atoms. The Hall–Kier alpha value is -4.95. The zero-order chi connectivity index (χ0) is 37.6. The number of allylic oxidation sites excluding steroid dienone is 1. The quantitative estimate of drug-likeness (QED) is 0.0795. The molecule has 0 radical (unpaired) electrons. The van der Waals surface area contributed by atoms with Gasteiger partial charge in [0.15, 0.2) is 0 Å². The van der Waals surface area contributed by atoms with Crippen LogP contribution in [0.1, 0.15) is 88.6 Å². The summed E-state index contributed by atoms with van der Waals surface area (Å²) in [5.74, 6) is 1.11. The number of amides is 2. The molecule has 1 aromatic heterocycles. The third kappa shape index (κ3) is 10.1. The van der Waals surface area contributed by atoms with E-state index in [2.05, 4.69) is 22.9 Å². The van der Waals surface area contributed by atoms with E-state index in [4.69, 9.17) is 25.1 Å². The minimum atomic E-state index is -3.62. The zero-order valence-corrected chi connectivity index (χ0v) is 31.3. The van der Waals surface area contributed by atoms with Gasteiger partial charge in [-0.05, 0) is 80.0 Å². The summed E-state index contributed by atoms with van der Waals surface area (Å²) < 4.78 is 36.0. The predicted molar refractivity (Wildman–Crippen MR) is 202 cm³/mol. The zero-order valence-electron chi connectivity index (χ0n) is 30.5. The minimum Gasteiger partial charge on any atom is -0.484 e. The monoisotopic (exact) mass is 730 g/mol. The maximum atomic E-state index is 13.6. The van der Waals surface area contributed by atoms with Gasteiger partial charge in [0.25, 0.3) is 10.1 Å². The average Bonchev–Trinajstić information content (AvgIpc) is 3.08. The Bertz CT molecular complexity index is 2000. The molecule has 13 nitrogen and oxygen atoms in total. The highest BCUT2D eigenvalue weighted by molar-refractivity contribution is 7.85. The molecule has 1 saturated heterocycles. The van der Waals surface area contributed by atoms with Crippen molar-refractivity contribution < 1.29 is 22.1 Å². The Morgan fingerprint density at radius 1 is 1.00 bits per heavy atom. The SMILES string of the molecule is C[C@H]1CCCCN1C(=N)n1cc(O[C@@H]2CC[C@H](NC(=O)N/C(=C/C(=N)C(C)(C)C)Nc3cccc(COS(C)(=O)=O)c3)c3ccccc32)ccc1=N. The van der Waals surface area contributed by atoms with Gasteiger partial charge in [-0.1, -0.05) is 57.2 Å². The van der Waals surface area contributed by atoms with Crippen LogP contribution >= 0.6 is 0 Å². The third-order valence-corrected chi connectivity index (χ3v) is 9.78. The molecular weight excluding hydrogens is 681 g/mol. The Kier molecular flexibility index (Phi) is 11.9. The van der Waals surface area contributed by atoms with E-state index in [0.29, 0.717) is 29.8 Å². The number of benzene rings is 2. The number of carbonyl (C=O) groups is 1. The van der Waals surface area contributed by atoms with Gasteiger partial charge in [0.2, 0.25) is 5.96 Å². The van der Waals surface area contributed by atoms with E-state index in [-0.39, 0.29) is 47.8 Å². The van der Waals surface area contributed by atoms with Crippen molar-refractivity contribution in [3.05, 3.63) is 101 Å². The fourth-order valence-corrected chi connectivity index (χ4v) is 6.66. The fourth-order valence-electron chi connectivity index (χ4n) is 6.31. The molecule has 6 N–H and O–H groups in total. The van der Waals surface area contributed by atoms with Crippen molar-refractivity contribution in [3.8, 4) is 5.75 Å². The Balaban J connectivity index is 1.30. The van der Waals surface area contributed by atoms with Gasteiger partial charge in [-0.25, -0.2) is 4.79 Å². The maximum absolute atomic E-state index is 13.6. The van der Waals surface area contributed by atoms with Crippen molar-refractivity contribution in [2.24, 2.45) is 5.41 Å². The van der Waals surface area contributed by atoms with Crippen LogP contribution in [-0.2, 0) is 20.9 Å². The summed E-state index contributed by atoms with van der Waals surface area (Å²) in [4.78, 5) is 15.6. The van der Waals surface area contributed by atoms with Gasteiger partial charge >= 0.3 is 6.03 Å². The Morgan fingerprint density at radius 3 is 2.46 bits per heavy atom. The molecule has 0 saturated carbocycles. The number of likely N-dealkylation sites (tertiary alicyclic amines) is 1. The van der Waals surface area contributed by atoms with Gasteiger partial charge in [-0.15, -0.1) is 0 Å². The molecule has 1 fully saturated rings. The molecule has 2 amide bonds. The number of aromatic nitrogens is 1. The largest absolute Gasteiger partial charge is 0.484 e. The number of fused-ring (bicyclic) bond motifs is 1. The molecule has 2 aromatic carbocycles. The Labute approximate surface area is 306 Å². The fraction of sp³-hybridized carbons (Fsp3) is 0.421. The molecule has 1 aliphatic heterocycles. The molecule has 0 unspecified atom stereocenters. The standard InChI is InChI=1S/C38H50N8O5S/c1-25-11-8-9-20-45(25)36(41)46-23-28(16-19-34(46)40)51-32-18-17-31(29-14-6-7-15-30(29)32)43-37(47)44-35(22-33(39)38(2,3)4)42-27-13-10-12-26(21-27)24-50-52(5,48)49/h6-7,10,12-16,19,21-23,25,31-32,39-42H,8-9,11,17-18,20,24H2,1-5H3,(H2,43,44,47)/b35-22+,39-33?,40-34?,41-36?/t25-,31-,32+/m0/s1. The normalized spacial score (nSPS) is 19.3. The van der Waals surface area contributed by atoms with Crippen LogP contribution in [0.5, 0.6) is 5.75 Å². The van der Waals surface area contributed by atoms with Crippen LogP contribution in [0.4, 0.5) is 10.5 Å². The second kappa shape index (κ2) is 16.2. The lowest BCUT2D eigenvalue weighted by atomic mass is 9.85. The van der Waals surface area contributed by atoms with Crippen LogP contribution in [0.25, 0.3) is 0 Å². The van der Waals surface area contributed by atoms with Crippen molar-refractivity contribution in [2.75, 3.05) is 18.1 Å². The third-order valence-electron chi connectivity index (χ3n) is 9.23. The number of anilines is 1. The van der Waals surface area contributed by atoms with Crippen molar-refractivity contribution in [1.82, 2.24) is 20.1 Å². The second-order valence-electron chi connectivity index (χ2n) is 14.5. The lowest BCUT2D eigenvalue weighted by Crippen LogP contribution is -2.47. The summed E-state index contributed by atoms with van der Waals surface area (Å²) in [6.07, 6.45) is 8.38. The number of ether oxygens (including phenoxy) is 1. The second-order valence-corrected chi connectivity index (χ2v) is 16.1. The van der Waals surface area contributed by atoms with Gasteiger partial charge in [0, 0.05) is 35.5 Å². The van der Waals surface area contributed by atoms with Crippen LogP contribution in [0, 0.1) is 21.6 Å². The molecule has 1 aliphatic carbocycles. The highest BCUT2D eigenvalue weighted by atomic mass is 32.2. The van der Waals surface area contributed by atoms with Crippen molar-refractivity contribution in [3.63, 3.8) is 0 Å². The number of nitrogens with one attached hydrogen (secondary N) is 6. The molecule has 3 aromatic rings. The number of pyridine rings is 1. The molecule has 2 aliphatic rings. The summed E-state index contributed by atoms with van der Waals surface area (Å²) in [6.45, 7) is 8.49. The van der Waals surface area contributed by atoms with Gasteiger partial charge in [0.1, 0.15) is 23.2 Å². The van der Waals surface area contributed by atoms with E-state index < -0.39 is 21.6 Å². The van der Waals surface area contributed by atoms with Gasteiger partial charge in [0.05, 0.1) is 25.1 Å². The van der Waals surface area contributed by atoms with E-state index in [1.165, 1.54) is 0 Å². The topological polar surface area (TPSA) is 185 Å². The predicted octanol–water partition coefficient (Wildman–Crippen LogP) is 6.37. The molecule has 278 valence electrons. The molecule has 0 bridgehead atoms. The highest BCUT2D eigenvalue weighted by Crippen LogP contribution is 2.38. The number of hydrogen-bond donors (Lipinski definition) is 6. The van der Waals surface area contributed by atoms with Crippen LogP contribution in [-0.4, -0.2) is 54.4 Å². The number of hydrogen-bond acceptors (Lipinski definition) is 9. The average molecular weight is 731 g/mol. The Morgan fingerprint density at radius 2 is 1.75 bits per heavy atom. The first-order valence-electron chi connectivity index (χ1n) is 17.5. The minimum absolute atomic E-state index is 0.137. The number of carbonyl (C=O) groups excluding carboxylic acids is 1. The van der Waals surface area contributed by atoms with Gasteiger partial charge < -0.3 is 25.7 Å². The summed E-state index contributed by atoms with van der Waals surface area (Å²) in [5.41, 5.74) is 3.07. The molecular formula is C38H50N8O5S. The first-order valence-corrected chi connectivity index (χ1v) is 19.4. The number of urea groups is 1. The van der Waals surface area contributed by atoms with Crippen LogP contribution in [0.15, 0.2) is 78.8 Å². The van der Waals surface area contributed by atoms with Crippen molar-refractivity contribution in [1.29, 1.82) is 16.2 Å². The number of nitrogens with zero attached hydrogens (tertiary/aromatic N) is 2. The molecule has 2 heterocycles. The number of rotatable bonds is 10. The van der Waals surface area contributed by atoms with E-state index in [9.17, 15) is 13.2 Å². The van der Waals surface area contributed by atoms with Gasteiger partial charge in [-0.2, -0.15) is 8.42 Å². The van der Waals surface area contributed by atoms with Crippen molar-refractivity contribution >= 4 is 33.5 Å². The summed E-state index contributed by atoms with van der Waals surface area (Å²) in [6, 6.07) is 17.7. The molecule has 5 rings (SSSR count). The first kappa shape index (κ1) is 38.3. The van der Waals surface area contributed by atoms with Gasteiger partial charge in [-0.3, -0.25) is 24.9 Å². The number of piperidine rings is 1. The maximum Gasteiger partial charge on any atom is 0.320 e. The smallest absolute Gasteiger partial charge is 0.320 e. The summed E-state index contributed by atoms with van der Waals surface area (Å²) in [5, 5.41) is 35.1. The highest BCUT2D eigenvalue weighted by Gasteiger charge is 2.30. The lowest BCUT2D eigenvalue weighted by molar-refractivity contribution is 0.170. The molecule has 14 heteroatoms. The first-order chi connectivity index (χ1) is 24.6. The summed E-state index contributed by atoms with van der Waals surface area (Å²) >= 11 is 0. The van der Waals surface area contributed by atoms with E-state index >= 15 is 0 Å². The lowest BCUT2D eigenvalue weighted by Gasteiger charge is -2.36. The molecule has 0 spiro atoms. The van der Waals surface area contributed by atoms with Crippen LogP contribution in [0.2, 0.25) is 0 Å². The van der Waals surface area contributed by atoms with E-state index in [1.807, 2.05) is 49.9 Å². The van der Waals surface area contributed by atoms with Crippen molar-refractivity contribution in [2.45, 2.75) is 84.6 Å². The van der Waals surface area contributed by atoms with Crippen LogP contribution in [0.3, 0.4) is 0 Å².